The molecular weight excluding hydrogens is 286 g/mol. The molecule has 1 saturated carbocycles. The van der Waals surface area contributed by atoms with E-state index in [4.69, 9.17) is 14.2 Å². The number of hydrogen-bond acceptors (Lipinski definition) is 5. The van der Waals surface area contributed by atoms with E-state index in [2.05, 4.69) is 0 Å². The highest BCUT2D eigenvalue weighted by molar-refractivity contribution is 5.83. The normalized spacial score (nSPS) is 36.4. The Hall–Kier alpha value is -1.30. The van der Waals surface area contributed by atoms with Crippen LogP contribution in [0, 0.1) is 11.8 Å². The first kappa shape index (κ1) is 15.6. The van der Waals surface area contributed by atoms with E-state index in [-0.39, 0.29) is 18.0 Å². The van der Waals surface area contributed by atoms with Crippen LogP contribution in [0.5, 0.6) is 0 Å². The van der Waals surface area contributed by atoms with Crippen molar-refractivity contribution in [3.63, 3.8) is 0 Å². The first-order chi connectivity index (χ1) is 10.3. The second kappa shape index (κ2) is 5.41. The summed E-state index contributed by atoms with van der Waals surface area (Å²) in [4.78, 5) is 26.4. The van der Waals surface area contributed by atoms with Crippen molar-refractivity contribution in [2.24, 2.45) is 11.8 Å². The molecule has 22 heavy (non-hydrogen) atoms. The van der Waals surface area contributed by atoms with E-state index >= 15 is 0 Å². The van der Waals surface area contributed by atoms with Crippen molar-refractivity contribution in [2.75, 3.05) is 13.2 Å². The number of nitrogens with zero attached hydrogens (tertiary/aromatic N) is 1. The van der Waals surface area contributed by atoms with Gasteiger partial charge in [0.25, 0.3) is 0 Å². The minimum atomic E-state index is -0.574. The molecule has 3 fully saturated rings. The molecule has 1 aliphatic carbocycles. The molecule has 3 rings (SSSR count). The summed E-state index contributed by atoms with van der Waals surface area (Å²) in [6.07, 6.45) is 1.91. The van der Waals surface area contributed by atoms with Crippen LogP contribution in [0.4, 0.5) is 4.79 Å². The summed E-state index contributed by atoms with van der Waals surface area (Å²) in [6, 6.07) is -0.537. The van der Waals surface area contributed by atoms with Gasteiger partial charge in [-0.15, -0.1) is 0 Å². The number of likely N-dealkylation sites (tertiary alicyclic amines) is 1. The number of esters is 1. The van der Waals surface area contributed by atoms with Crippen molar-refractivity contribution in [3.05, 3.63) is 0 Å². The molecule has 2 aliphatic heterocycles. The number of carbonyl (C=O) groups is 2. The van der Waals surface area contributed by atoms with Gasteiger partial charge < -0.3 is 14.2 Å². The van der Waals surface area contributed by atoms with Crippen LogP contribution in [-0.2, 0) is 19.0 Å². The number of ether oxygens (including phenoxy) is 3. The monoisotopic (exact) mass is 311 g/mol. The van der Waals surface area contributed by atoms with Crippen molar-refractivity contribution >= 4 is 12.1 Å². The Labute approximate surface area is 131 Å². The quantitative estimate of drug-likeness (QED) is 0.576. The van der Waals surface area contributed by atoms with Gasteiger partial charge in [-0.05, 0) is 52.4 Å². The summed E-state index contributed by atoms with van der Waals surface area (Å²) >= 11 is 0. The molecule has 6 nitrogen and oxygen atoms in total. The van der Waals surface area contributed by atoms with Crippen molar-refractivity contribution in [1.29, 1.82) is 0 Å². The molecule has 0 radical (unpaired) electrons. The highest BCUT2D eigenvalue weighted by Crippen LogP contribution is 2.49. The van der Waals surface area contributed by atoms with Crippen LogP contribution in [0.15, 0.2) is 0 Å². The predicted molar refractivity (Wildman–Crippen MR) is 78.2 cm³/mol. The Morgan fingerprint density at radius 3 is 2.55 bits per heavy atom. The summed E-state index contributed by atoms with van der Waals surface area (Å²) in [5, 5.41) is 0. The largest absolute Gasteiger partial charge is 0.464 e. The van der Waals surface area contributed by atoms with Gasteiger partial charge in [0.05, 0.1) is 18.8 Å². The van der Waals surface area contributed by atoms with E-state index in [9.17, 15) is 9.59 Å². The van der Waals surface area contributed by atoms with E-state index in [0.717, 1.165) is 12.8 Å². The summed E-state index contributed by atoms with van der Waals surface area (Å²) in [6.45, 7) is 8.14. The zero-order valence-corrected chi connectivity index (χ0v) is 13.7. The lowest BCUT2D eigenvalue weighted by molar-refractivity contribution is -0.149. The third-order valence-corrected chi connectivity index (χ3v) is 4.66. The van der Waals surface area contributed by atoms with Gasteiger partial charge in [-0.25, -0.2) is 9.59 Å². The van der Waals surface area contributed by atoms with E-state index in [1.165, 1.54) is 0 Å². The Bertz CT molecular complexity index is 472. The zero-order chi connectivity index (χ0) is 16.1. The van der Waals surface area contributed by atoms with Crippen LogP contribution in [0.25, 0.3) is 0 Å². The van der Waals surface area contributed by atoms with Gasteiger partial charge in [0.2, 0.25) is 0 Å². The number of epoxide rings is 1. The van der Waals surface area contributed by atoms with Crippen molar-refractivity contribution in [1.82, 2.24) is 4.90 Å². The van der Waals surface area contributed by atoms with Gasteiger partial charge in [0.1, 0.15) is 11.6 Å². The molecule has 124 valence electrons. The second-order valence-electron chi connectivity index (χ2n) is 7.44. The fraction of sp³-hybridized carbons (Fsp3) is 0.875. The number of carbonyl (C=O) groups excluding carboxylic acids is 2. The summed E-state index contributed by atoms with van der Waals surface area (Å²) in [5.74, 6) is 0.0981. The van der Waals surface area contributed by atoms with Crippen LogP contribution < -0.4 is 0 Å². The average Bonchev–Trinajstić information content (AvgIpc) is 3.04. The summed E-state index contributed by atoms with van der Waals surface area (Å²) < 4.78 is 16.3. The summed E-state index contributed by atoms with van der Waals surface area (Å²) in [7, 11) is 0. The van der Waals surface area contributed by atoms with Gasteiger partial charge in [-0.1, -0.05) is 0 Å². The van der Waals surface area contributed by atoms with Crippen LogP contribution in [0.3, 0.4) is 0 Å². The Kier molecular flexibility index (Phi) is 3.83. The standard InChI is InChI=1S/C16H25NO5/c1-5-20-14(18)13-10-7-12-11(21-12)6-9(10)8-17(13)15(19)22-16(2,3)4/h9-13H,5-8H2,1-4H3. The maximum Gasteiger partial charge on any atom is 0.411 e. The predicted octanol–water partition coefficient (Wildman–Crippen LogP) is 1.96. The molecule has 0 aromatic heterocycles. The lowest BCUT2D eigenvalue weighted by Gasteiger charge is -2.29. The number of fused-ring (bicyclic) bond motifs is 2. The summed E-state index contributed by atoms with van der Waals surface area (Å²) in [5.41, 5.74) is -0.574. The fourth-order valence-corrected chi connectivity index (χ4v) is 3.76. The molecule has 1 amide bonds. The lowest BCUT2D eigenvalue weighted by atomic mass is 9.78. The van der Waals surface area contributed by atoms with Gasteiger partial charge in [-0.3, -0.25) is 4.90 Å². The van der Waals surface area contributed by atoms with E-state index in [1.807, 2.05) is 20.8 Å². The minimum Gasteiger partial charge on any atom is -0.464 e. The molecule has 0 aromatic carbocycles. The first-order valence-electron chi connectivity index (χ1n) is 8.12. The van der Waals surface area contributed by atoms with Gasteiger partial charge in [0, 0.05) is 6.54 Å². The maximum absolute atomic E-state index is 12.5. The van der Waals surface area contributed by atoms with Crippen LogP contribution >= 0.6 is 0 Å². The minimum absolute atomic E-state index is 0.121. The van der Waals surface area contributed by atoms with E-state index in [1.54, 1.807) is 11.8 Å². The molecule has 5 unspecified atom stereocenters. The molecule has 5 atom stereocenters. The molecule has 0 aromatic rings. The molecule has 3 aliphatic rings. The van der Waals surface area contributed by atoms with Crippen molar-refractivity contribution in [2.45, 2.75) is 64.4 Å². The van der Waals surface area contributed by atoms with Gasteiger partial charge in [-0.2, -0.15) is 0 Å². The fourth-order valence-electron chi connectivity index (χ4n) is 3.76. The highest BCUT2D eigenvalue weighted by atomic mass is 16.6. The molecule has 6 heteroatoms. The number of amides is 1. The molecule has 0 bridgehead atoms. The van der Waals surface area contributed by atoms with Crippen LogP contribution in [0.1, 0.15) is 40.5 Å². The number of rotatable bonds is 2. The third-order valence-electron chi connectivity index (χ3n) is 4.66. The van der Waals surface area contributed by atoms with Gasteiger partial charge >= 0.3 is 12.1 Å². The van der Waals surface area contributed by atoms with Crippen LogP contribution in [-0.4, -0.2) is 54.0 Å². The Balaban J connectivity index is 1.78. The third kappa shape index (κ3) is 2.93. The molecule has 2 heterocycles. The molecule has 0 N–H and O–H groups in total. The Morgan fingerprint density at radius 2 is 1.91 bits per heavy atom. The highest BCUT2D eigenvalue weighted by Gasteiger charge is 2.58. The number of hydrogen-bond donors (Lipinski definition) is 0. The van der Waals surface area contributed by atoms with Crippen molar-refractivity contribution < 1.29 is 23.8 Å². The topological polar surface area (TPSA) is 68.4 Å². The molecule has 0 spiro atoms. The molecular formula is C16H25NO5. The van der Waals surface area contributed by atoms with Crippen LogP contribution in [0.2, 0.25) is 0 Å². The maximum atomic E-state index is 12.5. The first-order valence-corrected chi connectivity index (χ1v) is 8.12. The zero-order valence-electron chi connectivity index (χ0n) is 13.7. The van der Waals surface area contributed by atoms with Crippen molar-refractivity contribution in [3.8, 4) is 0 Å². The van der Waals surface area contributed by atoms with E-state index in [0.29, 0.717) is 25.2 Å². The second-order valence-corrected chi connectivity index (χ2v) is 7.44. The van der Waals surface area contributed by atoms with Gasteiger partial charge in [0.15, 0.2) is 0 Å². The average molecular weight is 311 g/mol. The SMILES string of the molecule is CCOC(=O)C1C2CC3OC3CC2CN1C(=O)OC(C)(C)C. The Morgan fingerprint density at radius 1 is 1.23 bits per heavy atom. The lowest BCUT2D eigenvalue weighted by Crippen LogP contribution is -2.46. The van der Waals surface area contributed by atoms with E-state index < -0.39 is 17.7 Å². The molecule has 2 saturated heterocycles. The smallest absolute Gasteiger partial charge is 0.411 e.